The average molecular weight is 348 g/mol. The molecule has 0 bridgehead atoms. The van der Waals surface area contributed by atoms with Gasteiger partial charge in [0.2, 0.25) is 0 Å². The molecule has 0 spiro atoms. The van der Waals surface area contributed by atoms with E-state index < -0.39 is 0 Å². The largest absolute Gasteiger partial charge is 0.314 e. The minimum atomic E-state index is -0.251. The molecule has 0 fully saturated rings. The number of halogens is 2. The molecular weight excluding hydrogens is 333 g/mol. The third-order valence-corrected chi connectivity index (χ3v) is 4.32. The quantitative estimate of drug-likeness (QED) is 0.779. The van der Waals surface area contributed by atoms with Gasteiger partial charge in [0.15, 0.2) is 0 Å². The SMILES string of the molecule is CNCc1nn(Cc2cccc(F)c2Br)c2ccccc12. The highest BCUT2D eigenvalue weighted by Gasteiger charge is 2.12. The number of rotatable bonds is 4. The lowest BCUT2D eigenvalue weighted by atomic mass is 10.2. The molecule has 1 N–H and O–H groups in total. The summed E-state index contributed by atoms with van der Waals surface area (Å²) >= 11 is 3.31. The molecule has 3 rings (SSSR count). The Kier molecular flexibility index (Phi) is 4.03. The Balaban J connectivity index is 2.06. The van der Waals surface area contributed by atoms with Gasteiger partial charge in [-0.2, -0.15) is 5.10 Å². The molecule has 3 nitrogen and oxygen atoms in total. The normalized spacial score (nSPS) is 11.2. The topological polar surface area (TPSA) is 29.9 Å². The molecule has 0 aliphatic rings. The first-order valence-electron chi connectivity index (χ1n) is 6.72. The highest BCUT2D eigenvalue weighted by atomic mass is 79.9. The van der Waals surface area contributed by atoms with E-state index in [4.69, 9.17) is 0 Å². The number of fused-ring (bicyclic) bond motifs is 1. The van der Waals surface area contributed by atoms with Crippen molar-refractivity contribution in [3.63, 3.8) is 0 Å². The number of hydrogen-bond donors (Lipinski definition) is 1. The van der Waals surface area contributed by atoms with Crippen LogP contribution in [0.3, 0.4) is 0 Å². The Hall–Kier alpha value is -1.72. The van der Waals surface area contributed by atoms with Crippen molar-refractivity contribution in [1.82, 2.24) is 15.1 Å². The first-order chi connectivity index (χ1) is 10.2. The van der Waals surface area contributed by atoms with Crippen molar-refractivity contribution in [2.45, 2.75) is 13.1 Å². The van der Waals surface area contributed by atoms with Gasteiger partial charge in [-0.3, -0.25) is 4.68 Å². The lowest BCUT2D eigenvalue weighted by Gasteiger charge is -2.07. The van der Waals surface area contributed by atoms with Gasteiger partial charge in [0.25, 0.3) is 0 Å². The molecule has 0 aliphatic carbocycles. The summed E-state index contributed by atoms with van der Waals surface area (Å²) in [5.74, 6) is -0.251. The summed E-state index contributed by atoms with van der Waals surface area (Å²) in [6.45, 7) is 1.24. The van der Waals surface area contributed by atoms with Crippen LogP contribution in [0.2, 0.25) is 0 Å². The Morgan fingerprint density at radius 3 is 2.81 bits per heavy atom. The van der Waals surface area contributed by atoms with Crippen LogP contribution in [0.1, 0.15) is 11.3 Å². The van der Waals surface area contributed by atoms with Crippen molar-refractivity contribution >= 4 is 26.8 Å². The van der Waals surface area contributed by atoms with E-state index in [0.717, 1.165) is 22.2 Å². The minimum absolute atomic E-state index is 0.251. The smallest absolute Gasteiger partial charge is 0.137 e. The number of nitrogens with zero attached hydrogens (tertiary/aromatic N) is 2. The fraction of sp³-hybridized carbons (Fsp3) is 0.188. The van der Waals surface area contributed by atoms with Crippen LogP contribution in [-0.4, -0.2) is 16.8 Å². The molecule has 0 atom stereocenters. The van der Waals surface area contributed by atoms with E-state index in [1.54, 1.807) is 6.07 Å². The summed E-state index contributed by atoms with van der Waals surface area (Å²) in [5, 5.41) is 8.91. The van der Waals surface area contributed by atoms with Crippen LogP contribution in [0.4, 0.5) is 4.39 Å². The van der Waals surface area contributed by atoms with E-state index in [2.05, 4.69) is 32.4 Å². The second-order valence-electron chi connectivity index (χ2n) is 4.86. The Morgan fingerprint density at radius 2 is 2.00 bits per heavy atom. The van der Waals surface area contributed by atoms with Gasteiger partial charge in [0, 0.05) is 11.9 Å². The molecule has 5 heteroatoms. The van der Waals surface area contributed by atoms with E-state index >= 15 is 0 Å². The number of aromatic nitrogens is 2. The van der Waals surface area contributed by atoms with Crippen LogP contribution >= 0.6 is 15.9 Å². The molecule has 3 aromatic rings. The number of para-hydroxylation sites is 1. The van der Waals surface area contributed by atoms with E-state index in [0.29, 0.717) is 17.6 Å². The van der Waals surface area contributed by atoms with Gasteiger partial charge in [-0.15, -0.1) is 0 Å². The Labute approximate surface area is 130 Å². The highest BCUT2D eigenvalue weighted by Crippen LogP contribution is 2.24. The van der Waals surface area contributed by atoms with E-state index in [9.17, 15) is 4.39 Å². The molecule has 2 aromatic carbocycles. The predicted octanol–water partition coefficient (Wildman–Crippen LogP) is 3.71. The predicted molar refractivity (Wildman–Crippen MR) is 85.7 cm³/mol. The summed E-state index contributed by atoms with van der Waals surface area (Å²) in [6.07, 6.45) is 0. The molecule has 1 aromatic heterocycles. The summed E-state index contributed by atoms with van der Waals surface area (Å²) in [6, 6.07) is 13.2. The van der Waals surface area contributed by atoms with Gasteiger partial charge in [-0.25, -0.2) is 4.39 Å². The van der Waals surface area contributed by atoms with Gasteiger partial charge in [0.05, 0.1) is 22.2 Å². The Morgan fingerprint density at radius 1 is 1.19 bits per heavy atom. The van der Waals surface area contributed by atoms with Crippen molar-refractivity contribution in [3.8, 4) is 0 Å². The molecule has 108 valence electrons. The molecule has 21 heavy (non-hydrogen) atoms. The first kappa shape index (κ1) is 14.2. The maximum atomic E-state index is 13.6. The maximum absolute atomic E-state index is 13.6. The van der Waals surface area contributed by atoms with Crippen molar-refractivity contribution in [2.24, 2.45) is 0 Å². The molecule has 0 unspecified atom stereocenters. The molecule has 0 radical (unpaired) electrons. The summed E-state index contributed by atoms with van der Waals surface area (Å²) in [7, 11) is 1.90. The van der Waals surface area contributed by atoms with Gasteiger partial charge >= 0.3 is 0 Å². The van der Waals surface area contributed by atoms with Crippen LogP contribution in [0, 0.1) is 5.82 Å². The van der Waals surface area contributed by atoms with Crippen LogP contribution in [0.25, 0.3) is 10.9 Å². The average Bonchev–Trinajstić information content (AvgIpc) is 2.83. The second kappa shape index (κ2) is 5.95. The summed E-state index contributed by atoms with van der Waals surface area (Å²) < 4.78 is 16.1. The van der Waals surface area contributed by atoms with E-state index in [1.807, 2.05) is 36.0 Å². The van der Waals surface area contributed by atoms with Crippen LogP contribution in [-0.2, 0) is 13.1 Å². The molecule has 0 saturated carbocycles. The van der Waals surface area contributed by atoms with Gasteiger partial charge in [0.1, 0.15) is 5.82 Å². The fourth-order valence-corrected chi connectivity index (χ4v) is 2.84. The van der Waals surface area contributed by atoms with Crippen LogP contribution in [0.5, 0.6) is 0 Å². The Bertz CT molecular complexity index is 782. The zero-order chi connectivity index (χ0) is 14.8. The van der Waals surface area contributed by atoms with Crippen molar-refractivity contribution in [2.75, 3.05) is 7.05 Å². The molecule has 0 saturated heterocycles. The van der Waals surface area contributed by atoms with Gasteiger partial charge in [-0.05, 0) is 40.7 Å². The standard InChI is InChI=1S/C16H15BrFN3/c1-19-9-14-12-6-2-3-8-15(12)21(20-14)10-11-5-4-7-13(18)16(11)17/h2-8,19H,9-10H2,1H3. The number of benzene rings is 2. The lowest BCUT2D eigenvalue weighted by Crippen LogP contribution is -2.08. The fourth-order valence-electron chi connectivity index (χ4n) is 2.45. The zero-order valence-electron chi connectivity index (χ0n) is 11.6. The summed E-state index contributed by atoms with van der Waals surface area (Å²) in [5.41, 5.74) is 2.93. The number of hydrogen-bond acceptors (Lipinski definition) is 2. The van der Waals surface area contributed by atoms with Gasteiger partial charge in [-0.1, -0.05) is 30.3 Å². The van der Waals surface area contributed by atoms with Gasteiger partial charge < -0.3 is 5.32 Å². The maximum Gasteiger partial charge on any atom is 0.137 e. The molecular formula is C16H15BrFN3. The highest BCUT2D eigenvalue weighted by molar-refractivity contribution is 9.10. The molecule has 0 amide bonds. The number of nitrogens with one attached hydrogen (secondary N) is 1. The van der Waals surface area contributed by atoms with E-state index in [1.165, 1.54) is 6.07 Å². The third-order valence-electron chi connectivity index (χ3n) is 3.43. The van der Waals surface area contributed by atoms with Crippen molar-refractivity contribution < 1.29 is 4.39 Å². The second-order valence-corrected chi connectivity index (χ2v) is 5.66. The van der Waals surface area contributed by atoms with Crippen molar-refractivity contribution in [3.05, 3.63) is 64.0 Å². The van der Waals surface area contributed by atoms with E-state index in [-0.39, 0.29) is 5.82 Å². The molecule has 1 heterocycles. The van der Waals surface area contributed by atoms with Crippen LogP contribution < -0.4 is 5.32 Å². The summed E-state index contributed by atoms with van der Waals surface area (Å²) in [4.78, 5) is 0. The van der Waals surface area contributed by atoms with Crippen molar-refractivity contribution in [1.29, 1.82) is 0 Å². The third kappa shape index (κ3) is 2.71. The zero-order valence-corrected chi connectivity index (χ0v) is 13.2. The molecule has 0 aliphatic heterocycles. The van der Waals surface area contributed by atoms with Crippen LogP contribution in [0.15, 0.2) is 46.9 Å². The monoisotopic (exact) mass is 347 g/mol. The minimum Gasteiger partial charge on any atom is -0.314 e. The lowest BCUT2D eigenvalue weighted by molar-refractivity contribution is 0.611. The first-order valence-corrected chi connectivity index (χ1v) is 7.52.